The molecule has 0 bridgehead atoms. The normalized spacial score (nSPS) is 18.1. The van der Waals surface area contributed by atoms with E-state index in [-0.39, 0.29) is 6.03 Å². The minimum absolute atomic E-state index is 0.00928. The van der Waals surface area contributed by atoms with Crippen molar-refractivity contribution in [1.29, 1.82) is 0 Å². The molecule has 1 aliphatic rings. The molecule has 1 N–H and O–H groups in total. The molecular formula is C18H26N4O2. The molecule has 2 amide bonds. The first-order valence-corrected chi connectivity index (χ1v) is 8.71. The van der Waals surface area contributed by atoms with Crippen molar-refractivity contribution in [1.82, 2.24) is 19.6 Å². The Morgan fingerprint density at radius 3 is 3.12 bits per heavy atom. The highest BCUT2D eigenvalue weighted by molar-refractivity contribution is 5.74. The van der Waals surface area contributed by atoms with Crippen molar-refractivity contribution in [2.24, 2.45) is 5.92 Å². The fourth-order valence-electron chi connectivity index (χ4n) is 3.23. The molecule has 3 heterocycles. The molecule has 2 aromatic rings. The molecule has 24 heavy (non-hydrogen) atoms. The largest absolute Gasteiger partial charge is 0.381 e. The van der Waals surface area contributed by atoms with Gasteiger partial charge in [0, 0.05) is 37.5 Å². The van der Waals surface area contributed by atoms with Gasteiger partial charge in [0.05, 0.1) is 18.8 Å². The van der Waals surface area contributed by atoms with Gasteiger partial charge in [-0.2, -0.15) is 0 Å². The number of imidazole rings is 1. The Hall–Kier alpha value is -2.08. The zero-order valence-electron chi connectivity index (χ0n) is 14.5. The SMILES string of the molecule is CCOC[C@H]1CCCN(C(=O)NCc2cn3c(C)cccc3n2)C1. The summed E-state index contributed by atoms with van der Waals surface area (Å²) in [6.07, 6.45) is 4.16. The first-order valence-electron chi connectivity index (χ1n) is 8.71. The van der Waals surface area contributed by atoms with E-state index in [1.54, 1.807) is 0 Å². The number of fused-ring (bicyclic) bond motifs is 1. The lowest BCUT2D eigenvalue weighted by Crippen LogP contribution is -2.46. The molecule has 0 saturated carbocycles. The number of pyridine rings is 1. The summed E-state index contributed by atoms with van der Waals surface area (Å²) in [6.45, 7) is 7.57. The average Bonchev–Trinajstić information content (AvgIpc) is 3.03. The lowest BCUT2D eigenvalue weighted by atomic mass is 9.99. The van der Waals surface area contributed by atoms with Crippen molar-refractivity contribution in [3.63, 3.8) is 0 Å². The van der Waals surface area contributed by atoms with Crippen LogP contribution in [0, 0.1) is 12.8 Å². The van der Waals surface area contributed by atoms with Gasteiger partial charge in [0.25, 0.3) is 0 Å². The average molecular weight is 330 g/mol. The van der Waals surface area contributed by atoms with Crippen LogP contribution in [0.2, 0.25) is 0 Å². The second-order valence-corrected chi connectivity index (χ2v) is 6.40. The number of amides is 2. The van der Waals surface area contributed by atoms with Crippen molar-refractivity contribution in [3.05, 3.63) is 35.8 Å². The Balaban J connectivity index is 1.55. The van der Waals surface area contributed by atoms with Crippen LogP contribution in [-0.4, -0.2) is 46.6 Å². The maximum atomic E-state index is 12.4. The molecular weight excluding hydrogens is 304 g/mol. The second kappa shape index (κ2) is 7.66. The van der Waals surface area contributed by atoms with Gasteiger partial charge in [-0.1, -0.05) is 6.07 Å². The number of rotatable bonds is 5. The van der Waals surface area contributed by atoms with Crippen LogP contribution in [0.3, 0.4) is 0 Å². The number of piperidine rings is 1. The van der Waals surface area contributed by atoms with Crippen LogP contribution in [-0.2, 0) is 11.3 Å². The highest BCUT2D eigenvalue weighted by atomic mass is 16.5. The van der Waals surface area contributed by atoms with Gasteiger partial charge in [0.1, 0.15) is 5.65 Å². The number of hydrogen-bond acceptors (Lipinski definition) is 3. The fourth-order valence-corrected chi connectivity index (χ4v) is 3.23. The zero-order valence-corrected chi connectivity index (χ0v) is 14.5. The Morgan fingerprint density at radius 1 is 1.46 bits per heavy atom. The van der Waals surface area contributed by atoms with E-state index >= 15 is 0 Å². The van der Waals surface area contributed by atoms with Gasteiger partial charge >= 0.3 is 6.03 Å². The van der Waals surface area contributed by atoms with Crippen molar-refractivity contribution < 1.29 is 9.53 Å². The van der Waals surface area contributed by atoms with Crippen LogP contribution in [0.1, 0.15) is 31.2 Å². The zero-order chi connectivity index (χ0) is 16.9. The van der Waals surface area contributed by atoms with Crippen LogP contribution >= 0.6 is 0 Å². The minimum atomic E-state index is -0.00928. The number of likely N-dealkylation sites (tertiary alicyclic amines) is 1. The molecule has 0 unspecified atom stereocenters. The third-order valence-electron chi connectivity index (χ3n) is 4.53. The topological polar surface area (TPSA) is 58.9 Å². The smallest absolute Gasteiger partial charge is 0.317 e. The van der Waals surface area contributed by atoms with E-state index in [0.29, 0.717) is 12.5 Å². The lowest BCUT2D eigenvalue weighted by molar-refractivity contribution is 0.0755. The molecule has 1 saturated heterocycles. The molecule has 0 aromatic carbocycles. The molecule has 1 fully saturated rings. The number of carbonyl (C=O) groups excluding carboxylic acids is 1. The summed E-state index contributed by atoms with van der Waals surface area (Å²) in [5.41, 5.74) is 2.92. The quantitative estimate of drug-likeness (QED) is 0.917. The number of nitrogens with zero attached hydrogens (tertiary/aromatic N) is 3. The Bertz CT molecular complexity index is 697. The molecule has 3 rings (SSSR count). The van der Waals surface area contributed by atoms with E-state index in [2.05, 4.69) is 10.3 Å². The number of carbonyl (C=O) groups is 1. The fraction of sp³-hybridized carbons (Fsp3) is 0.556. The van der Waals surface area contributed by atoms with E-state index in [1.807, 2.05) is 47.5 Å². The third-order valence-corrected chi connectivity index (χ3v) is 4.53. The lowest BCUT2D eigenvalue weighted by Gasteiger charge is -2.32. The molecule has 0 radical (unpaired) electrons. The molecule has 130 valence electrons. The minimum Gasteiger partial charge on any atom is -0.381 e. The van der Waals surface area contributed by atoms with Gasteiger partial charge in [-0.15, -0.1) is 0 Å². The van der Waals surface area contributed by atoms with Gasteiger partial charge in [-0.05, 0) is 38.8 Å². The maximum Gasteiger partial charge on any atom is 0.317 e. The third kappa shape index (κ3) is 3.87. The number of urea groups is 1. The summed E-state index contributed by atoms with van der Waals surface area (Å²) in [5, 5.41) is 3.00. The number of ether oxygens (including phenoxy) is 1. The number of nitrogens with one attached hydrogen (secondary N) is 1. The molecule has 6 heteroatoms. The molecule has 1 aliphatic heterocycles. The summed E-state index contributed by atoms with van der Waals surface area (Å²) < 4.78 is 7.55. The van der Waals surface area contributed by atoms with E-state index in [4.69, 9.17) is 4.74 Å². The van der Waals surface area contributed by atoms with Crippen molar-refractivity contribution in [2.75, 3.05) is 26.3 Å². The molecule has 6 nitrogen and oxygen atoms in total. The number of aromatic nitrogens is 2. The van der Waals surface area contributed by atoms with E-state index in [0.717, 1.165) is 56.2 Å². The summed E-state index contributed by atoms with van der Waals surface area (Å²) in [6, 6.07) is 6.00. The highest BCUT2D eigenvalue weighted by Gasteiger charge is 2.23. The summed E-state index contributed by atoms with van der Waals surface area (Å²) in [4.78, 5) is 18.9. The molecule has 1 atom stereocenters. The molecule has 2 aromatic heterocycles. The Morgan fingerprint density at radius 2 is 2.33 bits per heavy atom. The predicted molar refractivity (Wildman–Crippen MR) is 93.0 cm³/mol. The Kier molecular flexibility index (Phi) is 5.35. The molecule has 0 spiro atoms. The first-order chi connectivity index (χ1) is 11.7. The van der Waals surface area contributed by atoms with Gasteiger partial charge in [-0.25, -0.2) is 9.78 Å². The number of hydrogen-bond donors (Lipinski definition) is 1. The van der Waals surface area contributed by atoms with Crippen LogP contribution in [0.15, 0.2) is 24.4 Å². The predicted octanol–water partition coefficient (Wildman–Crippen LogP) is 2.60. The maximum absolute atomic E-state index is 12.4. The first kappa shape index (κ1) is 16.8. The van der Waals surface area contributed by atoms with Crippen LogP contribution in [0.25, 0.3) is 5.65 Å². The van der Waals surface area contributed by atoms with Crippen molar-refractivity contribution in [3.8, 4) is 0 Å². The van der Waals surface area contributed by atoms with E-state index in [9.17, 15) is 4.79 Å². The Labute approximate surface area is 142 Å². The van der Waals surface area contributed by atoms with E-state index in [1.165, 1.54) is 0 Å². The van der Waals surface area contributed by atoms with E-state index < -0.39 is 0 Å². The van der Waals surface area contributed by atoms with Crippen LogP contribution in [0.5, 0.6) is 0 Å². The van der Waals surface area contributed by atoms with Gasteiger partial charge < -0.3 is 19.4 Å². The monoisotopic (exact) mass is 330 g/mol. The summed E-state index contributed by atoms with van der Waals surface area (Å²) in [7, 11) is 0. The number of aryl methyl sites for hydroxylation is 1. The molecule has 0 aliphatic carbocycles. The van der Waals surface area contributed by atoms with Crippen LogP contribution in [0.4, 0.5) is 4.79 Å². The van der Waals surface area contributed by atoms with Crippen molar-refractivity contribution >= 4 is 11.7 Å². The van der Waals surface area contributed by atoms with Crippen LogP contribution < -0.4 is 5.32 Å². The van der Waals surface area contributed by atoms with Crippen molar-refractivity contribution in [2.45, 2.75) is 33.2 Å². The second-order valence-electron chi connectivity index (χ2n) is 6.40. The van der Waals surface area contributed by atoms with Gasteiger partial charge in [0.2, 0.25) is 0 Å². The highest BCUT2D eigenvalue weighted by Crippen LogP contribution is 2.17. The van der Waals surface area contributed by atoms with Gasteiger partial charge in [0.15, 0.2) is 0 Å². The van der Waals surface area contributed by atoms with Gasteiger partial charge in [-0.3, -0.25) is 0 Å². The summed E-state index contributed by atoms with van der Waals surface area (Å²) >= 11 is 0. The standard InChI is InChI=1S/C18H26N4O2/c1-3-24-13-15-7-5-9-21(11-15)18(23)19-10-16-12-22-14(2)6-4-8-17(22)20-16/h4,6,8,12,15H,3,5,7,9-11,13H2,1-2H3,(H,19,23)/t15-/m0/s1. The summed E-state index contributed by atoms with van der Waals surface area (Å²) in [5.74, 6) is 0.447.